The van der Waals surface area contributed by atoms with Gasteiger partial charge in [-0.05, 0) is 42.9 Å². The number of guanidine groups is 1. The first-order chi connectivity index (χ1) is 12.0. The molecule has 1 aromatic rings. The number of aliphatic imine (C=N–C) groups is 1. The molecule has 0 aliphatic heterocycles. The fourth-order valence-electron chi connectivity index (χ4n) is 2.33. The van der Waals surface area contributed by atoms with Crippen molar-refractivity contribution in [2.75, 3.05) is 27.2 Å². The van der Waals surface area contributed by atoms with Crippen LogP contribution in [0.2, 0.25) is 0 Å². The molecule has 5 nitrogen and oxygen atoms in total. The third-order valence-corrected chi connectivity index (χ3v) is 3.62. The van der Waals surface area contributed by atoms with Gasteiger partial charge in [-0.3, -0.25) is 4.99 Å². The largest absolute Gasteiger partial charge is 0.493 e. The van der Waals surface area contributed by atoms with Crippen molar-refractivity contribution in [3.05, 3.63) is 23.8 Å². The van der Waals surface area contributed by atoms with Gasteiger partial charge in [0.2, 0.25) is 0 Å². The summed E-state index contributed by atoms with van der Waals surface area (Å²) >= 11 is 0. The summed E-state index contributed by atoms with van der Waals surface area (Å²) in [6.07, 6.45) is 2.91. The Kier molecular flexibility index (Phi) is 9.65. The van der Waals surface area contributed by atoms with Gasteiger partial charge in [0.15, 0.2) is 17.5 Å². The molecule has 1 aromatic carbocycles. The summed E-state index contributed by atoms with van der Waals surface area (Å²) in [6, 6.07) is 5.04. The second kappa shape index (κ2) is 11.5. The predicted molar refractivity (Wildman–Crippen MR) is 96.8 cm³/mol. The molecule has 7 heteroatoms. The first-order valence-electron chi connectivity index (χ1n) is 8.52. The molecule has 0 heterocycles. The number of benzene rings is 1. The van der Waals surface area contributed by atoms with Crippen LogP contribution >= 0.6 is 0 Å². The summed E-state index contributed by atoms with van der Waals surface area (Å²) in [5.74, 6) is 1.77. The number of rotatable bonds is 10. The minimum absolute atomic E-state index is 0.0474. The van der Waals surface area contributed by atoms with E-state index in [4.69, 9.17) is 4.74 Å². The maximum absolute atomic E-state index is 12.5. The van der Waals surface area contributed by atoms with Crippen LogP contribution in [-0.2, 0) is 6.42 Å². The number of nitrogens with zero attached hydrogens (tertiary/aromatic N) is 1. The summed E-state index contributed by atoms with van der Waals surface area (Å²) in [4.78, 5) is 4.17. The zero-order valence-corrected chi connectivity index (χ0v) is 15.4. The molecule has 25 heavy (non-hydrogen) atoms. The Morgan fingerprint density at radius 2 is 1.88 bits per heavy atom. The Bertz CT molecular complexity index is 537. The van der Waals surface area contributed by atoms with E-state index in [0.717, 1.165) is 24.5 Å². The Balaban J connectivity index is 2.46. The number of methoxy groups -OCH3 is 1. The fourth-order valence-corrected chi connectivity index (χ4v) is 2.33. The number of ether oxygens (including phenoxy) is 2. The highest BCUT2D eigenvalue weighted by Gasteiger charge is 2.11. The van der Waals surface area contributed by atoms with Crippen LogP contribution in [0.25, 0.3) is 0 Å². The first kappa shape index (κ1) is 21.0. The van der Waals surface area contributed by atoms with Gasteiger partial charge in [-0.1, -0.05) is 19.9 Å². The zero-order valence-electron chi connectivity index (χ0n) is 15.4. The van der Waals surface area contributed by atoms with E-state index in [9.17, 15) is 8.78 Å². The quantitative estimate of drug-likeness (QED) is 0.383. The van der Waals surface area contributed by atoms with Crippen LogP contribution in [0.5, 0.6) is 11.5 Å². The van der Waals surface area contributed by atoms with Crippen molar-refractivity contribution >= 4 is 5.96 Å². The third kappa shape index (κ3) is 8.56. The van der Waals surface area contributed by atoms with Gasteiger partial charge in [0.05, 0.1) is 7.11 Å². The number of alkyl halides is 2. The molecule has 0 spiro atoms. The molecular formula is C18H29F2N3O2. The molecule has 0 aromatic heterocycles. The smallest absolute Gasteiger partial charge is 0.387 e. The van der Waals surface area contributed by atoms with E-state index in [1.54, 1.807) is 19.2 Å². The Morgan fingerprint density at radius 3 is 2.48 bits per heavy atom. The molecule has 0 saturated carbocycles. The molecule has 0 unspecified atom stereocenters. The highest BCUT2D eigenvalue weighted by atomic mass is 19.3. The Morgan fingerprint density at radius 1 is 1.16 bits per heavy atom. The van der Waals surface area contributed by atoms with Gasteiger partial charge in [0.1, 0.15) is 0 Å². The van der Waals surface area contributed by atoms with Gasteiger partial charge in [0.25, 0.3) is 0 Å². The lowest BCUT2D eigenvalue weighted by Gasteiger charge is -2.14. The van der Waals surface area contributed by atoms with Crippen LogP contribution in [0.4, 0.5) is 8.78 Å². The second-order valence-corrected chi connectivity index (χ2v) is 6.08. The summed E-state index contributed by atoms with van der Waals surface area (Å²) in [5, 5.41) is 6.48. The van der Waals surface area contributed by atoms with Crippen molar-refractivity contribution < 1.29 is 18.3 Å². The lowest BCUT2D eigenvalue weighted by Crippen LogP contribution is -2.38. The van der Waals surface area contributed by atoms with E-state index in [1.165, 1.54) is 13.5 Å². The summed E-state index contributed by atoms with van der Waals surface area (Å²) in [7, 11) is 3.14. The van der Waals surface area contributed by atoms with Crippen molar-refractivity contribution in [2.24, 2.45) is 10.9 Å². The van der Waals surface area contributed by atoms with Crippen LogP contribution in [0.15, 0.2) is 23.2 Å². The minimum Gasteiger partial charge on any atom is -0.493 e. The van der Waals surface area contributed by atoms with Gasteiger partial charge < -0.3 is 20.1 Å². The maximum Gasteiger partial charge on any atom is 0.387 e. The number of hydrogen-bond acceptors (Lipinski definition) is 3. The number of hydrogen-bond donors (Lipinski definition) is 2. The molecule has 142 valence electrons. The lowest BCUT2D eigenvalue weighted by atomic mass is 10.1. The van der Waals surface area contributed by atoms with E-state index < -0.39 is 6.61 Å². The Hall–Kier alpha value is -2.05. The van der Waals surface area contributed by atoms with Crippen molar-refractivity contribution in [2.45, 2.75) is 39.7 Å². The molecule has 0 aliphatic rings. The highest BCUT2D eigenvalue weighted by molar-refractivity contribution is 5.79. The molecule has 0 radical (unpaired) electrons. The second-order valence-electron chi connectivity index (χ2n) is 6.08. The standard InChI is InChI=1S/C18H29F2N3O2/c1-13(2)6-5-10-22-18(21-3)23-11-9-14-7-8-15(24-4)16(12-14)25-17(19)20/h7-8,12-13,17H,5-6,9-11H2,1-4H3,(H2,21,22,23). The van der Waals surface area contributed by atoms with Gasteiger partial charge in [-0.15, -0.1) is 0 Å². The van der Waals surface area contributed by atoms with E-state index in [0.29, 0.717) is 24.6 Å². The van der Waals surface area contributed by atoms with Crippen LogP contribution in [0.1, 0.15) is 32.3 Å². The fraction of sp³-hybridized carbons (Fsp3) is 0.611. The van der Waals surface area contributed by atoms with Gasteiger partial charge in [0, 0.05) is 20.1 Å². The highest BCUT2D eigenvalue weighted by Crippen LogP contribution is 2.29. The van der Waals surface area contributed by atoms with Gasteiger partial charge in [-0.25, -0.2) is 0 Å². The molecule has 0 fully saturated rings. The monoisotopic (exact) mass is 357 g/mol. The van der Waals surface area contributed by atoms with Crippen molar-refractivity contribution in [1.82, 2.24) is 10.6 Å². The zero-order chi connectivity index (χ0) is 18.7. The van der Waals surface area contributed by atoms with Crippen LogP contribution in [-0.4, -0.2) is 39.8 Å². The molecular weight excluding hydrogens is 328 g/mol. The molecule has 1 rings (SSSR count). The molecule has 0 saturated heterocycles. The molecule has 0 atom stereocenters. The average molecular weight is 357 g/mol. The maximum atomic E-state index is 12.5. The van der Waals surface area contributed by atoms with E-state index >= 15 is 0 Å². The first-order valence-corrected chi connectivity index (χ1v) is 8.52. The number of nitrogens with one attached hydrogen (secondary N) is 2. The van der Waals surface area contributed by atoms with Crippen molar-refractivity contribution in [3.63, 3.8) is 0 Å². The third-order valence-electron chi connectivity index (χ3n) is 3.62. The Labute approximate surface area is 148 Å². The summed E-state index contributed by atoms with van der Waals surface area (Å²) in [5.41, 5.74) is 0.874. The predicted octanol–water partition coefficient (Wildman–Crippen LogP) is 3.44. The normalized spacial score (nSPS) is 11.8. The van der Waals surface area contributed by atoms with Crippen LogP contribution < -0.4 is 20.1 Å². The van der Waals surface area contributed by atoms with Crippen LogP contribution in [0.3, 0.4) is 0 Å². The van der Waals surface area contributed by atoms with Crippen LogP contribution in [0, 0.1) is 5.92 Å². The van der Waals surface area contributed by atoms with Crippen molar-refractivity contribution in [3.8, 4) is 11.5 Å². The molecule has 0 aliphatic carbocycles. The molecule has 0 amide bonds. The molecule has 2 N–H and O–H groups in total. The van der Waals surface area contributed by atoms with E-state index in [-0.39, 0.29) is 5.75 Å². The lowest BCUT2D eigenvalue weighted by molar-refractivity contribution is -0.0512. The summed E-state index contributed by atoms with van der Waals surface area (Å²) in [6.45, 7) is 3.02. The molecule has 0 bridgehead atoms. The number of halogens is 2. The topological polar surface area (TPSA) is 54.9 Å². The van der Waals surface area contributed by atoms with Gasteiger partial charge >= 0.3 is 6.61 Å². The summed E-state index contributed by atoms with van der Waals surface area (Å²) < 4.78 is 34.4. The minimum atomic E-state index is -2.88. The van der Waals surface area contributed by atoms with E-state index in [1.807, 2.05) is 6.07 Å². The van der Waals surface area contributed by atoms with Crippen molar-refractivity contribution in [1.29, 1.82) is 0 Å². The SMILES string of the molecule is CN=C(NCCCC(C)C)NCCc1ccc(OC)c(OC(F)F)c1. The van der Waals surface area contributed by atoms with Gasteiger partial charge in [-0.2, -0.15) is 8.78 Å². The van der Waals surface area contributed by atoms with E-state index in [2.05, 4.69) is 34.2 Å². The average Bonchev–Trinajstić information content (AvgIpc) is 2.56.